The van der Waals surface area contributed by atoms with E-state index in [1.807, 2.05) is 42.5 Å². The molecular formula is C22H23N5O3S. The Bertz CT molecular complexity index is 1010. The molecule has 0 aliphatic heterocycles. The number of aliphatic hydroxyl groups is 1. The summed E-state index contributed by atoms with van der Waals surface area (Å²) < 4.78 is 0. The number of amides is 2. The second kappa shape index (κ2) is 11.8. The second-order valence-corrected chi connectivity index (χ2v) is 7.58. The van der Waals surface area contributed by atoms with Crippen molar-refractivity contribution in [2.75, 3.05) is 18.4 Å². The largest absolute Gasteiger partial charge is 0.387 e. The molecule has 9 heteroatoms. The van der Waals surface area contributed by atoms with E-state index in [0.29, 0.717) is 29.5 Å². The number of nitrogens with one attached hydrogen (secondary N) is 2. The van der Waals surface area contributed by atoms with Crippen molar-refractivity contribution in [1.82, 2.24) is 10.3 Å². The molecule has 3 rings (SSSR count). The summed E-state index contributed by atoms with van der Waals surface area (Å²) in [5, 5.41) is 25.7. The van der Waals surface area contributed by atoms with Crippen LogP contribution in [-0.4, -0.2) is 35.5 Å². The number of benzene rings is 2. The normalized spacial score (nSPS) is 12.0. The van der Waals surface area contributed by atoms with E-state index < -0.39 is 12.0 Å². The van der Waals surface area contributed by atoms with E-state index in [1.165, 1.54) is 11.3 Å². The lowest BCUT2D eigenvalue weighted by Crippen LogP contribution is -2.23. The van der Waals surface area contributed by atoms with Crippen molar-refractivity contribution in [2.24, 2.45) is 10.2 Å². The second-order valence-electron chi connectivity index (χ2n) is 6.72. The van der Waals surface area contributed by atoms with Gasteiger partial charge in [0.2, 0.25) is 6.41 Å². The van der Waals surface area contributed by atoms with Gasteiger partial charge in [-0.15, -0.1) is 21.6 Å². The van der Waals surface area contributed by atoms with Gasteiger partial charge in [-0.25, -0.2) is 4.98 Å². The number of hydrogen-bond donors (Lipinski definition) is 3. The van der Waals surface area contributed by atoms with Gasteiger partial charge < -0.3 is 15.7 Å². The van der Waals surface area contributed by atoms with Gasteiger partial charge in [-0.2, -0.15) is 0 Å². The number of aromatic nitrogens is 1. The highest BCUT2D eigenvalue weighted by Gasteiger charge is 2.07. The van der Waals surface area contributed by atoms with Crippen molar-refractivity contribution in [2.45, 2.75) is 18.9 Å². The van der Waals surface area contributed by atoms with Gasteiger partial charge in [0.15, 0.2) is 5.13 Å². The third-order valence-corrected chi connectivity index (χ3v) is 5.21. The molecule has 1 unspecified atom stereocenters. The van der Waals surface area contributed by atoms with E-state index >= 15 is 0 Å². The standard InChI is InChI=1S/C22H23N5O3S/c28-15-24-22-25-19(14-31-22)12-21(30)27-26-18-8-6-16(7-9-18)10-11-23-13-20(29)17-4-2-1-3-5-17/h1-9,14-15,20,23,29H,10-13H2,(H,24,25,28). The van der Waals surface area contributed by atoms with Gasteiger partial charge in [-0.05, 0) is 36.2 Å². The highest BCUT2D eigenvalue weighted by atomic mass is 32.1. The van der Waals surface area contributed by atoms with Crippen LogP contribution in [0.4, 0.5) is 10.8 Å². The van der Waals surface area contributed by atoms with E-state index in [9.17, 15) is 14.7 Å². The summed E-state index contributed by atoms with van der Waals surface area (Å²) in [6.45, 7) is 1.22. The number of hydrogen-bond acceptors (Lipinski definition) is 7. The molecule has 31 heavy (non-hydrogen) atoms. The first kappa shape index (κ1) is 22.4. The van der Waals surface area contributed by atoms with Gasteiger partial charge in [-0.3, -0.25) is 9.59 Å². The van der Waals surface area contributed by atoms with Crippen molar-refractivity contribution in [1.29, 1.82) is 0 Å². The first-order valence-corrected chi connectivity index (χ1v) is 10.6. The lowest BCUT2D eigenvalue weighted by Gasteiger charge is -2.12. The maximum absolute atomic E-state index is 11.9. The van der Waals surface area contributed by atoms with Gasteiger partial charge in [0.05, 0.1) is 23.9 Å². The molecule has 1 heterocycles. The minimum Gasteiger partial charge on any atom is -0.387 e. The van der Waals surface area contributed by atoms with Crippen molar-refractivity contribution in [3.8, 4) is 0 Å². The number of anilines is 1. The lowest BCUT2D eigenvalue weighted by molar-refractivity contribution is -0.117. The van der Waals surface area contributed by atoms with Crippen LogP contribution >= 0.6 is 11.3 Å². The van der Waals surface area contributed by atoms with Gasteiger partial charge >= 0.3 is 0 Å². The van der Waals surface area contributed by atoms with Crippen LogP contribution < -0.4 is 10.6 Å². The molecule has 1 aromatic heterocycles. The maximum Gasteiger partial charge on any atom is 0.270 e. The topological polar surface area (TPSA) is 116 Å². The fraction of sp³-hybridized carbons (Fsp3) is 0.227. The molecule has 0 saturated carbocycles. The molecule has 0 bridgehead atoms. The number of carbonyl (C=O) groups is 2. The zero-order chi connectivity index (χ0) is 21.9. The Labute approximate surface area is 184 Å². The molecule has 0 aliphatic carbocycles. The predicted octanol–water partition coefficient (Wildman–Crippen LogP) is 3.43. The van der Waals surface area contributed by atoms with Crippen molar-refractivity contribution < 1.29 is 14.7 Å². The fourth-order valence-electron chi connectivity index (χ4n) is 2.80. The van der Waals surface area contributed by atoms with Crippen LogP contribution in [0.3, 0.4) is 0 Å². The Morgan fingerprint density at radius 2 is 1.94 bits per heavy atom. The molecule has 2 aromatic carbocycles. The summed E-state index contributed by atoms with van der Waals surface area (Å²) >= 11 is 1.24. The first-order valence-electron chi connectivity index (χ1n) is 9.76. The Balaban J connectivity index is 1.39. The van der Waals surface area contributed by atoms with Crippen LogP contribution in [0, 0.1) is 0 Å². The van der Waals surface area contributed by atoms with E-state index in [2.05, 4.69) is 25.8 Å². The molecule has 8 nitrogen and oxygen atoms in total. The van der Waals surface area contributed by atoms with Gasteiger partial charge in [0, 0.05) is 11.9 Å². The molecule has 1 atom stereocenters. The van der Waals surface area contributed by atoms with Crippen LogP contribution in [-0.2, 0) is 22.4 Å². The molecule has 0 radical (unpaired) electrons. The molecular weight excluding hydrogens is 414 g/mol. The monoisotopic (exact) mass is 437 g/mol. The molecule has 2 amide bonds. The smallest absolute Gasteiger partial charge is 0.270 e. The summed E-state index contributed by atoms with van der Waals surface area (Å²) in [6.07, 6.45) is 0.842. The first-order chi connectivity index (χ1) is 15.1. The summed E-state index contributed by atoms with van der Waals surface area (Å²) in [4.78, 5) is 26.4. The molecule has 3 N–H and O–H groups in total. The molecule has 0 spiro atoms. The molecule has 0 fully saturated rings. The Kier molecular flexibility index (Phi) is 8.53. The SMILES string of the molecule is O=CNc1nc(CC(=O)N=Nc2ccc(CCNCC(O)c3ccccc3)cc2)cs1. The van der Waals surface area contributed by atoms with Crippen LogP contribution in [0.1, 0.15) is 22.9 Å². The zero-order valence-corrected chi connectivity index (χ0v) is 17.6. The van der Waals surface area contributed by atoms with Crippen LogP contribution in [0.2, 0.25) is 0 Å². The quantitative estimate of drug-likeness (QED) is 0.241. The average Bonchev–Trinajstić information content (AvgIpc) is 3.23. The van der Waals surface area contributed by atoms with Crippen LogP contribution in [0.25, 0.3) is 0 Å². The number of azo groups is 1. The minimum absolute atomic E-state index is 0.0269. The van der Waals surface area contributed by atoms with E-state index in [1.54, 1.807) is 17.5 Å². The summed E-state index contributed by atoms with van der Waals surface area (Å²) in [5.41, 5.74) is 3.14. The molecule has 0 saturated heterocycles. The fourth-order valence-corrected chi connectivity index (χ4v) is 3.47. The van der Waals surface area contributed by atoms with Crippen molar-refractivity contribution >= 4 is 34.5 Å². The summed E-state index contributed by atoms with van der Waals surface area (Å²) in [6, 6.07) is 17.0. The third kappa shape index (κ3) is 7.49. The Hall–Kier alpha value is -3.27. The number of rotatable bonds is 11. The summed E-state index contributed by atoms with van der Waals surface area (Å²) in [7, 11) is 0. The third-order valence-electron chi connectivity index (χ3n) is 4.39. The van der Waals surface area contributed by atoms with Crippen LogP contribution in [0.15, 0.2) is 70.2 Å². The summed E-state index contributed by atoms with van der Waals surface area (Å²) in [5.74, 6) is -0.409. The minimum atomic E-state index is -0.529. The van der Waals surface area contributed by atoms with Crippen molar-refractivity contribution in [3.05, 3.63) is 76.8 Å². The zero-order valence-electron chi connectivity index (χ0n) is 16.8. The lowest BCUT2D eigenvalue weighted by atomic mass is 10.1. The molecule has 0 aliphatic rings. The van der Waals surface area contributed by atoms with Gasteiger partial charge in [0.1, 0.15) is 0 Å². The van der Waals surface area contributed by atoms with E-state index in [-0.39, 0.29) is 6.42 Å². The van der Waals surface area contributed by atoms with Crippen molar-refractivity contribution in [3.63, 3.8) is 0 Å². The number of aliphatic hydroxyl groups excluding tert-OH is 1. The Morgan fingerprint density at radius 3 is 2.68 bits per heavy atom. The van der Waals surface area contributed by atoms with Gasteiger partial charge in [0.25, 0.3) is 5.91 Å². The van der Waals surface area contributed by atoms with E-state index in [4.69, 9.17) is 0 Å². The number of thiazole rings is 1. The highest BCUT2D eigenvalue weighted by molar-refractivity contribution is 7.13. The average molecular weight is 438 g/mol. The van der Waals surface area contributed by atoms with Gasteiger partial charge in [-0.1, -0.05) is 42.5 Å². The number of nitrogens with zero attached hydrogens (tertiary/aromatic N) is 3. The van der Waals surface area contributed by atoms with E-state index in [0.717, 1.165) is 24.1 Å². The number of carbonyl (C=O) groups excluding carboxylic acids is 2. The van der Waals surface area contributed by atoms with Crippen LogP contribution in [0.5, 0.6) is 0 Å². The maximum atomic E-state index is 11.9. The highest BCUT2D eigenvalue weighted by Crippen LogP contribution is 2.17. The Morgan fingerprint density at radius 1 is 1.16 bits per heavy atom. The molecule has 3 aromatic rings. The predicted molar refractivity (Wildman–Crippen MR) is 119 cm³/mol. The molecule has 160 valence electrons.